The maximum absolute atomic E-state index is 13.0. The highest BCUT2D eigenvalue weighted by Crippen LogP contribution is 2.29. The largest absolute Gasteiger partial charge is 0.573 e. The second-order valence-corrected chi connectivity index (χ2v) is 5.42. The van der Waals surface area contributed by atoms with E-state index < -0.39 is 6.36 Å². The fourth-order valence-corrected chi connectivity index (χ4v) is 2.30. The van der Waals surface area contributed by atoms with Crippen molar-refractivity contribution < 1.29 is 22.3 Å². The van der Waals surface area contributed by atoms with Crippen molar-refractivity contribution in [3.05, 3.63) is 60.4 Å². The first-order valence-corrected chi connectivity index (χ1v) is 7.78. The predicted octanol–water partition coefficient (Wildman–Crippen LogP) is 4.97. The fraction of sp³-hybridized carbons (Fsp3) is 0.111. The normalized spacial score (nSPS) is 11.1. The van der Waals surface area contributed by atoms with Crippen LogP contribution >= 0.6 is 0 Å². The minimum atomic E-state index is -4.78. The number of nitrogens with zero attached hydrogens (tertiary/aromatic N) is 2. The van der Waals surface area contributed by atoms with E-state index in [0.717, 1.165) is 0 Å². The van der Waals surface area contributed by atoms with Crippen LogP contribution in [0.4, 0.5) is 35.0 Å². The zero-order valence-corrected chi connectivity index (χ0v) is 14.0. The number of halogens is 4. The highest BCUT2D eigenvalue weighted by molar-refractivity contribution is 5.68. The second-order valence-electron chi connectivity index (χ2n) is 5.42. The molecule has 0 fully saturated rings. The average Bonchev–Trinajstić information content (AvgIpc) is 2.62. The van der Waals surface area contributed by atoms with Gasteiger partial charge in [-0.2, -0.15) is 4.98 Å². The van der Waals surface area contributed by atoms with E-state index in [4.69, 9.17) is 0 Å². The van der Waals surface area contributed by atoms with Gasteiger partial charge in [0.15, 0.2) is 0 Å². The topological polar surface area (TPSA) is 59.1 Å². The lowest BCUT2D eigenvalue weighted by atomic mass is 10.1. The number of benzene rings is 2. The van der Waals surface area contributed by atoms with Crippen LogP contribution in [0, 0.1) is 5.82 Å². The van der Waals surface area contributed by atoms with Gasteiger partial charge in [-0.25, -0.2) is 9.37 Å². The Morgan fingerprint density at radius 1 is 0.963 bits per heavy atom. The molecular formula is C18H14F4N4O. The van der Waals surface area contributed by atoms with Crippen molar-refractivity contribution in [2.75, 3.05) is 17.7 Å². The third kappa shape index (κ3) is 5.06. The first-order valence-electron chi connectivity index (χ1n) is 7.78. The summed E-state index contributed by atoms with van der Waals surface area (Å²) in [7, 11) is 1.62. The number of rotatable bonds is 5. The third-order valence-corrected chi connectivity index (χ3v) is 3.43. The van der Waals surface area contributed by atoms with E-state index >= 15 is 0 Å². The third-order valence-electron chi connectivity index (χ3n) is 3.43. The van der Waals surface area contributed by atoms with Crippen LogP contribution in [0.2, 0.25) is 0 Å². The van der Waals surface area contributed by atoms with Crippen molar-refractivity contribution >= 4 is 17.5 Å². The van der Waals surface area contributed by atoms with Crippen LogP contribution < -0.4 is 15.4 Å². The molecule has 1 aromatic heterocycles. The molecule has 9 heteroatoms. The summed E-state index contributed by atoms with van der Waals surface area (Å²) in [5.74, 6) is -0.0728. The van der Waals surface area contributed by atoms with Crippen LogP contribution in [-0.4, -0.2) is 23.4 Å². The zero-order valence-electron chi connectivity index (χ0n) is 14.0. The molecular weight excluding hydrogens is 364 g/mol. The molecule has 0 saturated carbocycles. The van der Waals surface area contributed by atoms with Crippen molar-refractivity contribution in [2.45, 2.75) is 6.36 Å². The fourth-order valence-electron chi connectivity index (χ4n) is 2.30. The van der Waals surface area contributed by atoms with E-state index in [-0.39, 0.29) is 17.5 Å². The van der Waals surface area contributed by atoms with Crippen LogP contribution in [-0.2, 0) is 0 Å². The molecule has 2 aromatic carbocycles. The molecule has 0 unspecified atom stereocenters. The molecule has 0 bridgehead atoms. The Bertz CT molecular complexity index is 929. The monoisotopic (exact) mass is 378 g/mol. The lowest BCUT2D eigenvalue weighted by Crippen LogP contribution is -2.17. The predicted molar refractivity (Wildman–Crippen MR) is 93.4 cm³/mol. The van der Waals surface area contributed by atoms with E-state index in [2.05, 4.69) is 25.3 Å². The van der Waals surface area contributed by atoms with Gasteiger partial charge in [0, 0.05) is 24.4 Å². The molecule has 0 radical (unpaired) electrons. The summed E-state index contributed by atoms with van der Waals surface area (Å²) in [6.07, 6.45) is -4.78. The molecule has 1 heterocycles. The second kappa shape index (κ2) is 7.48. The van der Waals surface area contributed by atoms with E-state index in [1.165, 1.54) is 42.5 Å². The van der Waals surface area contributed by atoms with Gasteiger partial charge in [0.25, 0.3) is 0 Å². The average molecular weight is 378 g/mol. The number of alkyl halides is 3. The van der Waals surface area contributed by atoms with Crippen LogP contribution in [0.25, 0.3) is 11.3 Å². The molecule has 0 aliphatic rings. The number of nitrogens with one attached hydrogen (secondary N) is 2. The van der Waals surface area contributed by atoms with E-state index in [0.29, 0.717) is 22.8 Å². The van der Waals surface area contributed by atoms with Crippen molar-refractivity contribution in [1.82, 2.24) is 9.97 Å². The number of hydrogen-bond acceptors (Lipinski definition) is 5. The number of anilines is 3. The maximum atomic E-state index is 13.0. The summed E-state index contributed by atoms with van der Waals surface area (Å²) in [5, 5.41) is 5.79. The molecule has 0 saturated heterocycles. The lowest BCUT2D eigenvalue weighted by Gasteiger charge is -2.12. The SMILES string of the molecule is CNc1nc(Nc2ccc(F)cc2)cc(-c2cccc(OC(F)(F)F)c2)n1. The van der Waals surface area contributed by atoms with Gasteiger partial charge < -0.3 is 15.4 Å². The van der Waals surface area contributed by atoms with Gasteiger partial charge in [-0.3, -0.25) is 0 Å². The lowest BCUT2D eigenvalue weighted by molar-refractivity contribution is -0.274. The van der Waals surface area contributed by atoms with Gasteiger partial charge in [0.05, 0.1) is 5.69 Å². The maximum Gasteiger partial charge on any atom is 0.573 e. The smallest absolute Gasteiger partial charge is 0.406 e. The summed E-state index contributed by atoms with van der Waals surface area (Å²) < 4.78 is 54.3. The molecule has 0 atom stereocenters. The Morgan fingerprint density at radius 3 is 2.37 bits per heavy atom. The minimum Gasteiger partial charge on any atom is -0.406 e. The molecule has 0 spiro atoms. The molecule has 0 amide bonds. The Balaban J connectivity index is 1.93. The Morgan fingerprint density at radius 2 is 1.70 bits per heavy atom. The molecule has 5 nitrogen and oxygen atoms in total. The molecule has 0 aliphatic carbocycles. The van der Waals surface area contributed by atoms with Gasteiger partial charge in [-0.1, -0.05) is 12.1 Å². The summed E-state index contributed by atoms with van der Waals surface area (Å²) in [6.45, 7) is 0. The summed E-state index contributed by atoms with van der Waals surface area (Å²) >= 11 is 0. The van der Waals surface area contributed by atoms with Gasteiger partial charge in [-0.15, -0.1) is 13.2 Å². The summed E-state index contributed by atoms with van der Waals surface area (Å²) in [6, 6.07) is 12.7. The summed E-state index contributed by atoms with van der Waals surface area (Å²) in [5.41, 5.74) is 1.39. The number of aromatic nitrogens is 2. The minimum absolute atomic E-state index is 0.263. The Kier molecular flexibility index (Phi) is 5.11. The molecule has 0 aliphatic heterocycles. The van der Waals surface area contributed by atoms with Gasteiger partial charge in [0.2, 0.25) is 5.95 Å². The van der Waals surface area contributed by atoms with Crippen LogP contribution in [0.5, 0.6) is 5.75 Å². The van der Waals surface area contributed by atoms with Crippen molar-refractivity contribution in [1.29, 1.82) is 0 Å². The van der Waals surface area contributed by atoms with Crippen molar-refractivity contribution in [3.8, 4) is 17.0 Å². The molecule has 3 aromatic rings. The number of ether oxygens (including phenoxy) is 1. The van der Waals surface area contributed by atoms with E-state index in [1.807, 2.05) is 0 Å². The van der Waals surface area contributed by atoms with Crippen molar-refractivity contribution in [3.63, 3.8) is 0 Å². The van der Waals surface area contributed by atoms with Gasteiger partial charge >= 0.3 is 6.36 Å². The zero-order chi connectivity index (χ0) is 19.4. The molecule has 27 heavy (non-hydrogen) atoms. The first-order chi connectivity index (χ1) is 12.8. The Hall–Kier alpha value is -3.36. The van der Waals surface area contributed by atoms with Crippen LogP contribution in [0.3, 0.4) is 0 Å². The van der Waals surface area contributed by atoms with Gasteiger partial charge in [-0.05, 0) is 36.4 Å². The standard InChI is InChI=1S/C18H14F4N4O/c1-23-17-25-15(11-3-2-4-14(9-11)27-18(20,21)22)10-16(26-17)24-13-7-5-12(19)6-8-13/h2-10H,1H3,(H2,23,24,25,26). The van der Waals surface area contributed by atoms with Crippen LogP contribution in [0.1, 0.15) is 0 Å². The Labute approximate surface area is 152 Å². The molecule has 140 valence electrons. The highest BCUT2D eigenvalue weighted by atomic mass is 19.4. The molecule has 2 N–H and O–H groups in total. The van der Waals surface area contributed by atoms with E-state index in [1.54, 1.807) is 19.2 Å². The summed E-state index contributed by atoms with van der Waals surface area (Å²) in [4.78, 5) is 8.50. The van der Waals surface area contributed by atoms with Crippen LogP contribution in [0.15, 0.2) is 54.6 Å². The van der Waals surface area contributed by atoms with E-state index in [9.17, 15) is 17.6 Å². The molecule has 3 rings (SSSR count). The quantitative estimate of drug-likeness (QED) is 0.614. The number of hydrogen-bond donors (Lipinski definition) is 2. The van der Waals surface area contributed by atoms with Gasteiger partial charge in [0.1, 0.15) is 17.4 Å². The first kappa shape index (κ1) is 18.4. The van der Waals surface area contributed by atoms with Crippen molar-refractivity contribution in [2.24, 2.45) is 0 Å². The highest BCUT2D eigenvalue weighted by Gasteiger charge is 2.31.